The number of aliphatic imine (C=N–C) groups is 1. The maximum Gasteiger partial charge on any atom is 0.0727 e. The van der Waals surface area contributed by atoms with Gasteiger partial charge in [0.1, 0.15) is 0 Å². The van der Waals surface area contributed by atoms with E-state index in [0.717, 1.165) is 0 Å². The summed E-state index contributed by atoms with van der Waals surface area (Å²) in [5.74, 6) is 2.06. The molecule has 36 valence electrons. The van der Waals surface area contributed by atoms with Crippen molar-refractivity contribution < 1.29 is 0 Å². The lowest BCUT2D eigenvalue weighted by atomic mass is 10.8. The van der Waals surface area contributed by atoms with Gasteiger partial charge in [-0.1, -0.05) is 12.6 Å². The highest BCUT2D eigenvalue weighted by Crippen LogP contribution is 1.95. The summed E-state index contributed by atoms with van der Waals surface area (Å²) in [7, 11) is -0.0715. The molecular weight excluding hydrogens is 105 g/mol. The smallest absolute Gasteiger partial charge is 0.0727 e. The van der Waals surface area contributed by atoms with E-state index >= 15 is 0 Å². The molecule has 0 aliphatic carbocycles. The summed E-state index contributed by atoms with van der Waals surface area (Å²) in [6, 6.07) is 0. The van der Waals surface area contributed by atoms with Gasteiger partial charge in [0.05, 0.1) is 6.20 Å². The van der Waals surface area contributed by atoms with Gasteiger partial charge in [0, 0.05) is 6.21 Å². The van der Waals surface area contributed by atoms with E-state index in [1.54, 1.807) is 6.20 Å². The third-order valence-corrected chi connectivity index (χ3v) is 1.82. The fraction of sp³-hybridized carbons (Fsp3) is 0.200. The predicted octanol–water partition coefficient (Wildman–Crippen LogP) is 0.899. The van der Waals surface area contributed by atoms with Gasteiger partial charge < -0.3 is 0 Å². The van der Waals surface area contributed by atoms with Crippen molar-refractivity contribution >= 4 is 24.6 Å². The molecule has 0 aromatic rings. The minimum absolute atomic E-state index is 0.0715. The lowest BCUT2D eigenvalue weighted by molar-refractivity contribution is 1.67. The van der Waals surface area contributed by atoms with Crippen molar-refractivity contribution in [3.63, 3.8) is 0 Å². The Morgan fingerprint density at radius 1 is 1.71 bits per heavy atom. The van der Waals surface area contributed by atoms with E-state index in [2.05, 4.69) is 22.9 Å². The molecule has 0 fully saturated rings. The van der Waals surface area contributed by atoms with Crippen molar-refractivity contribution in [2.75, 3.05) is 6.66 Å². The summed E-state index contributed by atoms with van der Waals surface area (Å²) in [4.78, 5) is 3.83. The largest absolute Gasteiger partial charge is 0.256 e. The van der Waals surface area contributed by atoms with Gasteiger partial charge in [-0.25, -0.2) is 0 Å². The highest BCUT2D eigenvalue weighted by molar-refractivity contribution is 7.57. The average Bonchev–Trinajstić information content (AvgIpc) is 1.69. The van der Waals surface area contributed by atoms with Gasteiger partial charge in [0.25, 0.3) is 0 Å². The Labute approximate surface area is 43.4 Å². The van der Waals surface area contributed by atoms with E-state index in [1.165, 1.54) is 0 Å². The van der Waals surface area contributed by atoms with Crippen molar-refractivity contribution in [1.29, 1.82) is 0 Å². The van der Waals surface area contributed by atoms with E-state index in [9.17, 15) is 0 Å². The molecule has 0 N–H and O–H groups in total. The number of rotatable bonds is 0. The Kier molecular flexibility index (Phi) is 1.31. The molecule has 1 aliphatic rings. The van der Waals surface area contributed by atoms with E-state index in [4.69, 9.17) is 0 Å². The van der Waals surface area contributed by atoms with Crippen LogP contribution in [0.25, 0.3) is 0 Å². The lowest BCUT2D eigenvalue weighted by Crippen LogP contribution is -1.72. The van der Waals surface area contributed by atoms with Gasteiger partial charge in [0.2, 0.25) is 0 Å². The molecule has 0 bridgehead atoms. The molecule has 1 nitrogen and oxygen atoms in total. The topological polar surface area (TPSA) is 12.4 Å². The number of hydrogen-bond donors (Lipinski definition) is 0. The highest BCUT2D eigenvalue weighted by atomic mass is 31.1. The van der Waals surface area contributed by atoms with Crippen LogP contribution in [0.1, 0.15) is 0 Å². The summed E-state index contributed by atoms with van der Waals surface area (Å²) < 4.78 is 0. The van der Waals surface area contributed by atoms with Crippen LogP contribution in [-0.4, -0.2) is 24.1 Å². The Morgan fingerprint density at radius 2 is 2.57 bits per heavy atom. The van der Waals surface area contributed by atoms with E-state index in [0.29, 0.717) is 0 Å². The summed E-state index contributed by atoms with van der Waals surface area (Å²) in [6.45, 7) is 2.14. The second-order valence-electron chi connectivity index (χ2n) is 1.32. The molecule has 0 aromatic carbocycles. The van der Waals surface area contributed by atoms with Crippen molar-refractivity contribution in [2.45, 2.75) is 0 Å². The average molecular weight is 111 g/mol. The maximum absolute atomic E-state index is 3.83. The molecular formula is C5H6NP. The molecule has 0 aromatic heterocycles. The Balaban J connectivity index is 3.16. The normalized spacial score (nSPS) is 21.0. The molecule has 0 saturated heterocycles. The van der Waals surface area contributed by atoms with Crippen LogP contribution in [0, 0.1) is 0 Å². The zero-order valence-corrected chi connectivity index (χ0v) is 5.02. The summed E-state index contributed by atoms with van der Waals surface area (Å²) in [5.41, 5.74) is 3.07. The van der Waals surface area contributed by atoms with Crippen molar-refractivity contribution in [2.24, 2.45) is 4.99 Å². The Bertz CT molecular complexity index is 200. The fourth-order valence-electron chi connectivity index (χ4n) is 0.349. The molecule has 7 heavy (non-hydrogen) atoms. The number of hydrogen-bond acceptors (Lipinski definition) is 1. The molecule has 2 heteroatoms. The van der Waals surface area contributed by atoms with Gasteiger partial charge in [-0.15, -0.1) is 0 Å². The van der Waals surface area contributed by atoms with E-state index < -0.39 is 0 Å². The zero-order valence-electron chi connectivity index (χ0n) is 4.13. The molecule has 0 spiro atoms. The van der Waals surface area contributed by atoms with Gasteiger partial charge >= 0.3 is 0 Å². The van der Waals surface area contributed by atoms with Gasteiger partial charge in [0.15, 0.2) is 0 Å². The van der Waals surface area contributed by atoms with Crippen LogP contribution in [0.5, 0.6) is 0 Å². The fourth-order valence-corrected chi connectivity index (χ4v) is 0.961. The van der Waals surface area contributed by atoms with Crippen LogP contribution in [0.15, 0.2) is 11.2 Å². The SMILES string of the molecule is CP1=C=CN=CC=1. The highest BCUT2D eigenvalue weighted by Gasteiger charge is 1.68. The summed E-state index contributed by atoms with van der Waals surface area (Å²) in [5, 5.41) is 0. The predicted molar refractivity (Wildman–Crippen MR) is 37.0 cm³/mol. The monoisotopic (exact) mass is 111 g/mol. The molecule has 1 atom stereocenters. The first-order valence-electron chi connectivity index (χ1n) is 2.07. The molecule has 1 unspecified atom stereocenters. The number of nitrogens with zero attached hydrogens (tertiary/aromatic N) is 1. The minimum Gasteiger partial charge on any atom is -0.256 e. The van der Waals surface area contributed by atoms with Crippen LogP contribution in [0.3, 0.4) is 0 Å². The van der Waals surface area contributed by atoms with Crippen molar-refractivity contribution in [3.8, 4) is 0 Å². The van der Waals surface area contributed by atoms with Gasteiger partial charge in [-0.2, -0.15) is 0 Å². The molecule has 0 amide bonds. The molecule has 0 radical (unpaired) electrons. The van der Waals surface area contributed by atoms with E-state index in [1.807, 2.05) is 6.21 Å². The van der Waals surface area contributed by atoms with Crippen LogP contribution in [0.2, 0.25) is 0 Å². The van der Waals surface area contributed by atoms with E-state index in [-0.39, 0.29) is 7.17 Å². The lowest BCUT2D eigenvalue weighted by Gasteiger charge is -1.78. The third kappa shape index (κ3) is 1.19. The van der Waals surface area contributed by atoms with Gasteiger partial charge in [-0.3, -0.25) is 4.99 Å². The van der Waals surface area contributed by atoms with Crippen molar-refractivity contribution in [1.82, 2.24) is 0 Å². The standard InChI is InChI=1S/C5H6NP/c1-7-4-2-6-3-5-7/h2-4H,1H3. The van der Waals surface area contributed by atoms with Crippen molar-refractivity contribution in [3.05, 3.63) is 6.20 Å². The third-order valence-electron chi connectivity index (χ3n) is 0.712. The molecule has 1 heterocycles. The summed E-state index contributed by atoms with van der Waals surface area (Å²) >= 11 is 0. The Hall–Kier alpha value is -0.510. The quantitative estimate of drug-likeness (QED) is 0.412. The minimum atomic E-state index is -0.0715. The first-order valence-corrected chi connectivity index (χ1v) is 3.93. The zero-order chi connectivity index (χ0) is 5.11. The maximum atomic E-state index is 3.83. The first-order chi connectivity index (χ1) is 3.39. The Morgan fingerprint density at radius 3 is 2.86 bits per heavy atom. The first kappa shape index (κ1) is 4.64. The second kappa shape index (κ2) is 1.97. The van der Waals surface area contributed by atoms with Gasteiger partial charge in [-0.05, 0) is 12.5 Å². The second-order valence-corrected chi connectivity index (χ2v) is 3.09. The van der Waals surface area contributed by atoms with Crippen LogP contribution >= 0.6 is 7.17 Å². The van der Waals surface area contributed by atoms with Crippen LogP contribution in [0.4, 0.5) is 0 Å². The van der Waals surface area contributed by atoms with Crippen LogP contribution in [-0.2, 0) is 0 Å². The molecule has 1 rings (SSSR count). The van der Waals surface area contributed by atoms with Crippen LogP contribution < -0.4 is 0 Å². The molecule has 0 saturated carbocycles. The molecule has 1 aliphatic heterocycles. The summed E-state index contributed by atoms with van der Waals surface area (Å²) in [6.07, 6.45) is 3.55.